The molecule has 1 heterocycles. The van der Waals surface area contributed by atoms with Gasteiger partial charge in [-0.25, -0.2) is 0 Å². The first-order valence-corrected chi connectivity index (χ1v) is 6.41. The number of piperidine rings is 1. The summed E-state index contributed by atoms with van der Waals surface area (Å²) in [6.45, 7) is 9.28. The van der Waals surface area contributed by atoms with E-state index in [0.29, 0.717) is 5.41 Å². The van der Waals surface area contributed by atoms with Crippen LogP contribution in [-0.4, -0.2) is 38.3 Å². The molecule has 1 rings (SSSR count). The van der Waals surface area contributed by atoms with Gasteiger partial charge in [0, 0.05) is 13.7 Å². The van der Waals surface area contributed by atoms with Crippen molar-refractivity contribution in [3.63, 3.8) is 0 Å². The van der Waals surface area contributed by atoms with Crippen molar-refractivity contribution in [3.05, 3.63) is 0 Å². The van der Waals surface area contributed by atoms with Gasteiger partial charge in [0.15, 0.2) is 0 Å². The Hall–Kier alpha value is -0.0800. The Kier molecular flexibility index (Phi) is 5.62. The molecule has 0 atom stereocenters. The molecule has 90 valence electrons. The SMILES string of the molecule is CCCCC1(C)CCN(CCOC)CC1. The zero-order valence-electron chi connectivity index (χ0n) is 10.7. The summed E-state index contributed by atoms with van der Waals surface area (Å²) in [5, 5.41) is 0. The van der Waals surface area contributed by atoms with Crippen molar-refractivity contribution in [1.29, 1.82) is 0 Å². The molecule has 0 aromatic carbocycles. The van der Waals surface area contributed by atoms with Gasteiger partial charge in [0.05, 0.1) is 6.61 Å². The van der Waals surface area contributed by atoms with E-state index in [4.69, 9.17) is 4.74 Å². The molecule has 2 nitrogen and oxygen atoms in total. The Morgan fingerprint density at radius 1 is 1.27 bits per heavy atom. The van der Waals surface area contributed by atoms with Crippen molar-refractivity contribution in [2.75, 3.05) is 33.4 Å². The van der Waals surface area contributed by atoms with Gasteiger partial charge in [-0.3, -0.25) is 0 Å². The molecule has 0 amide bonds. The largest absolute Gasteiger partial charge is 0.383 e. The van der Waals surface area contributed by atoms with Crippen LogP contribution in [0.1, 0.15) is 46.0 Å². The van der Waals surface area contributed by atoms with Crippen LogP contribution in [-0.2, 0) is 4.74 Å². The van der Waals surface area contributed by atoms with Crippen LogP contribution in [0.3, 0.4) is 0 Å². The third kappa shape index (κ3) is 4.52. The van der Waals surface area contributed by atoms with E-state index < -0.39 is 0 Å². The van der Waals surface area contributed by atoms with E-state index in [-0.39, 0.29) is 0 Å². The average molecular weight is 213 g/mol. The second-order valence-electron chi connectivity index (χ2n) is 5.25. The summed E-state index contributed by atoms with van der Waals surface area (Å²) in [5.74, 6) is 0. The molecular formula is C13H27NO. The summed E-state index contributed by atoms with van der Waals surface area (Å²) in [5.41, 5.74) is 0.625. The smallest absolute Gasteiger partial charge is 0.0589 e. The molecule has 1 fully saturated rings. The van der Waals surface area contributed by atoms with Crippen LogP contribution in [0.25, 0.3) is 0 Å². The summed E-state index contributed by atoms with van der Waals surface area (Å²) in [4.78, 5) is 2.54. The number of nitrogens with zero attached hydrogens (tertiary/aromatic N) is 1. The second kappa shape index (κ2) is 6.49. The van der Waals surface area contributed by atoms with Gasteiger partial charge in [0.25, 0.3) is 0 Å². The van der Waals surface area contributed by atoms with Crippen molar-refractivity contribution >= 4 is 0 Å². The first kappa shape index (κ1) is 13.0. The quantitative estimate of drug-likeness (QED) is 0.672. The highest BCUT2D eigenvalue weighted by molar-refractivity contribution is 4.82. The number of methoxy groups -OCH3 is 1. The monoisotopic (exact) mass is 213 g/mol. The molecule has 0 radical (unpaired) electrons. The van der Waals surface area contributed by atoms with E-state index in [1.165, 1.54) is 45.2 Å². The lowest BCUT2D eigenvalue weighted by atomic mass is 9.76. The minimum Gasteiger partial charge on any atom is -0.383 e. The lowest BCUT2D eigenvalue weighted by Crippen LogP contribution is -2.40. The molecule has 0 saturated carbocycles. The molecule has 1 aliphatic rings. The molecule has 0 aromatic rings. The molecule has 0 N–H and O–H groups in total. The van der Waals surface area contributed by atoms with Crippen LogP contribution in [0.4, 0.5) is 0 Å². The molecule has 0 spiro atoms. The fourth-order valence-electron chi connectivity index (χ4n) is 2.39. The van der Waals surface area contributed by atoms with E-state index in [2.05, 4.69) is 18.7 Å². The Labute approximate surface area is 95.0 Å². The topological polar surface area (TPSA) is 12.5 Å². The average Bonchev–Trinajstić information content (AvgIpc) is 2.26. The Morgan fingerprint density at radius 3 is 2.47 bits per heavy atom. The van der Waals surface area contributed by atoms with Gasteiger partial charge < -0.3 is 9.64 Å². The first-order chi connectivity index (χ1) is 7.20. The molecule has 0 unspecified atom stereocenters. The number of ether oxygens (including phenoxy) is 1. The van der Waals surface area contributed by atoms with Gasteiger partial charge >= 0.3 is 0 Å². The van der Waals surface area contributed by atoms with E-state index in [1.54, 1.807) is 7.11 Å². The molecule has 1 aliphatic heterocycles. The minimum atomic E-state index is 0.625. The second-order valence-corrected chi connectivity index (χ2v) is 5.25. The number of hydrogen-bond donors (Lipinski definition) is 0. The van der Waals surface area contributed by atoms with Gasteiger partial charge in [-0.05, 0) is 37.8 Å². The zero-order valence-corrected chi connectivity index (χ0v) is 10.7. The summed E-state index contributed by atoms with van der Waals surface area (Å²) in [7, 11) is 1.79. The van der Waals surface area contributed by atoms with Crippen LogP contribution < -0.4 is 0 Å². The van der Waals surface area contributed by atoms with Gasteiger partial charge in [-0.2, -0.15) is 0 Å². The van der Waals surface area contributed by atoms with Crippen LogP contribution in [0.15, 0.2) is 0 Å². The van der Waals surface area contributed by atoms with Crippen LogP contribution in [0.5, 0.6) is 0 Å². The third-order valence-corrected chi connectivity index (χ3v) is 3.81. The summed E-state index contributed by atoms with van der Waals surface area (Å²) in [6, 6.07) is 0. The normalized spacial score (nSPS) is 21.8. The number of rotatable bonds is 6. The van der Waals surface area contributed by atoms with E-state index in [0.717, 1.165) is 13.2 Å². The number of hydrogen-bond acceptors (Lipinski definition) is 2. The lowest BCUT2D eigenvalue weighted by molar-refractivity contribution is 0.0812. The van der Waals surface area contributed by atoms with Crippen molar-refractivity contribution in [1.82, 2.24) is 4.90 Å². The fourth-order valence-corrected chi connectivity index (χ4v) is 2.39. The highest BCUT2D eigenvalue weighted by atomic mass is 16.5. The maximum absolute atomic E-state index is 5.12. The molecule has 1 saturated heterocycles. The lowest BCUT2D eigenvalue weighted by Gasteiger charge is -2.39. The predicted octanol–water partition coefficient (Wildman–Crippen LogP) is 2.93. The highest BCUT2D eigenvalue weighted by Gasteiger charge is 2.28. The van der Waals surface area contributed by atoms with Crippen LogP contribution in [0.2, 0.25) is 0 Å². The standard InChI is InChI=1S/C13H27NO/c1-4-5-6-13(2)7-9-14(10-8-13)11-12-15-3/h4-12H2,1-3H3. The van der Waals surface area contributed by atoms with Crippen LogP contribution >= 0.6 is 0 Å². The van der Waals surface area contributed by atoms with Gasteiger partial charge in [0.1, 0.15) is 0 Å². The maximum Gasteiger partial charge on any atom is 0.0589 e. The Bertz CT molecular complexity index is 162. The minimum absolute atomic E-state index is 0.625. The van der Waals surface area contributed by atoms with Crippen molar-refractivity contribution in [2.24, 2.45) is 5.41 Å². The maximum atomic E-state index is 5.12. The van der Waals surface area contributed by atoms with E-state index >= 15 is 0 Å². The molecule has 2 heteroatoms. The number of unbranched alkanes of at least 4 members (excludes halogenated alkanes) is 1. The van der Waals surface area contributed by atoms with Crippen molar-refractivity contribution < 1.29 is 4.74 Å². The molecule has 15 heavy (non-hydrogen) atoms. The molecule has 0 aromatic heterocycles. The highest BCUT2D eigenvalue weighted by Crippen LogP contribution is 2.35. The third-order valence-electron chi connectivity index (χ3n) is 3.81. The van der Waals surface area contributed by atoms with Gasteiger partial charge in [0.2, 0.25) is 0 Å². The van der Waals surface area contributed by atoms with Crippen molar-refractivity contribution in [2.45, 2.75) is 46.0 Å². The summed E-state index contributed by atoms with van der Waals surface area (Å²) < 4.78 is 5.12. The van der Waals surface area contributed by atoms with E-state index in [9.17, 15) is 0 Å². The Morgan fingerprint density at radius 2 is 1.93 bits per heavy atom. The van der Waals surface area contributed by atoms with Crippen molar-refractivity contribution in [3.8, 4) is 0 Å². The first-order valence-electron chi connectivity index (χ1n) is 6.41. The molecular weight excluding hydrogens is 186 g/mol. The Balaban J connectivity index is 2.21. The summed E-state index contributed by atoms with van der Waals surface area (Å²) in [6.07, 6.45) is 6.90. The van der Waals surface area contributed by atoms with Gasteiger partial charge in [-0.1, -0.05) is 26.7 Å². The van der Waals surface area contributed by atoms with Crippen LogP contribution in [0, 0.1) is 5.41 Å². The predicted molar refractivity (Wildman–Crippen MR) is 65.2 cm³/mol. The van der Waals surface area contributed by atoms with Gasteiger partial charge in [-0.15, -0.1) is 0 Å². The number of likely N-dealkylation sites (tertiary alicyclic amines) is 1. The van der Waals surface area contributed by atoms with E-state index in [1.807, 2.05) is 0 Å². The molecule has 0 aliphatic carbocycles. The fraction of sp³-hybridized carbons (Fsp3) is 1.00. The zero-order chi connectivity index (χ0) is 11.1. The molecule has 0 bridgehead atoms. The summed E-state index contributed by atoms with van der Waals surface area (Å²) >= 11 is 0.